The molecule has 0 saturated heterocycles. The zero-order valence-electron chi connectivity index (χ0n) is 10.4. The number of aromatic amines is 1. The highest BCUT2D eigenvalue weighted by molar-refractivity contribution is 6.07. The minimum absolute atomic E-state index is 0.862. The Morgan fingerprint density at radius 1 is 1.17 bits per heavy atom. The van der Waals surface area contributed by atoms with Crippen LogP contribution >= 0.6 is 0 Å². The lowest BCUT2D eigenvalue weighted by Gasteiger charge is -2.01. The van der Waals surface area contributed by atoms with Gasteiger partial charge in [0.05, 0.1) is 23.6 Å². The quantitative estimate of drug-likeness (QED) is 0.551. The minimum atomic E-state index is 0.862. The maximum absolute atomic E-state index is 4.37. The maximum Gasteiger partial charge on any atom is 0.0838 e. The van der Waals surface area contributed by atoms with Crippen LogP contribution in [0.4, 0.5) is 0 Å². The summed E-state index contributed by atoms with van der Waals surface area (Å²) in [6.45, 7) is 0. The number of hydrazone groups is 1. The highest BCUT2D eigenvalue weighted by Crippen LogP contribution is 2.24. The molecule has 0 spiro atoms. The third kappa shape index (κ3) is 1.82. The average molecular weight is 238 g/mol. The lowest BCUT2D eigenvalue weighted by molar-refractivity contribution is 0.440. The van der Waals surface area contributed by atoms with Gasteiger partial charge < -0.3 is 9.99 Å². The molecule has 0 aliphatic heterocycles. The summed E-state index contributed by atoms with van der Waals surface area (Å²) >= 11 is 0. The Kier molecular flexibility index (Phi) is 2.48. The molecule has 3 rings (SSSR count). The van der Waals surface area contributed by atoms with Crippen molar-refractivity contribution in [1.29, 1.82) is 0 Å². The highest BCUT2D eigenvalue weighted by Gasteiger charge is 2.04. The number of fused-ring (bicyclic) bond motifs is 3. The Morgan fingerprint density at radius 3 is 2.83 bits per heavy atom. The first kappa shape index (κ1) is 10.8. The molecule has 0 aliphatic rings. The van der Waals surface area contributed by atoms with Crippen molar-refractivity contribution in [1.82, 2.24) is 15.0 Å². The summed E-state index contributed by atoms with van der Waals surface area (Å²) < 4.78 is 0. The van der Waals surface area contributed by atoms with Gasteiger partial charge in [-0.25, -0.2) is 0 Å². The van der Waals surface area contributed by atoms with Crippen LogP contribution in [0.25, 0.3) is 21.8 Å². The van der Waals surface area contributed by atoms with Crippen LogP contribution in [0.3, 0.4) is 0 Å². The van der Waals surface area contributed by atoms with Gasteiger partial charge in [0.1, 0.15) is 0 Å². The molecule has 4 nitrogen and oxygen atoms in total. The molecule has 3 aromatic rings. The summed E-state index contributed by atoms with van der Waals surface area (Å²) in [6, 6.07) is 10.3. The third-order valence-electron chi connectivity index (χ3n) is 2.83. The van der Waals surface area contributed by atoms with E-state index >= 15 is 0 Å². The molecule has 2 aromatic heterocycles. The normalized spacial score (nSPS) is 11.7. The van der Waals surface area contributed by atoms with E-state index in [0.717, 1.165) is 16.7 Å². The SMILES string of the molecule is CN(C)/N=C/c1cc2c(cn1)[nH]c1ccccc12. The van der Waals surface area contributed by atoms with Gasteiger partial charge in [0.2, 0.25) is 0 Å². The molecule has 1 aromatic carbocycles. The first-order valence-corrected chi connectivity index (χ1v) is 5.82. The Labute approximate surface area is 105 Å². The molecule has 0 amide bonds. The number of benzene rings is 1. The Bertz CT molecular complexity index is 725. The van der Waals surface area contributed by atoms with E-state index in [0.29, 0.717) is 0 Å². The van der Waals surface area contributed by atoms with Crippen molar-refractivity contribution >= 4 is 28.0 Å². The number of nitrogens with one attached hydrogen (secondary N) is 1. The number of hydrogen-bond donors (Lipinski definition) is 1. The average Bonchev–Trinajstić information content (AvgIpc) is 2.74. The number of H-pyrrole nitrogens is 1. The second kappa shape index (κ2) is 4.14. The van der Waals surface area contributed by atoms with Gasteiger partial charge in [0, 0.05) is 30.4 Å². The van der Waals surface area contributed by atoms with E-state index in [1.807, 2.05) is 32.4 Å². The highest BCUT2D eigenvalue weighted by atomic mass is 15.4. The van der Waals surface area contributed by atoms with Crippen molar-refractivity contribution in [2.75, 3.05) is 14.1 Å². The van der Waals surface area contributed by atoms with Crippen LogP contribution in [0.15, 0.2) is 41.6 Å². The molecule has 90 valence electrons. The number of para-hydroxylation sites is 1. The van der Waals surface area contributed by atoms with Gasteiger partial charge >= 0.3 is 0 Å². The van der Waals surface area contributed by atoms with E-state index in [1.54, 1.807) is 11.2 Å². The summed E-state index contributed by atoms with van der Waals surface area (Å²) in [7, 11) is 3.78. The van der Waals surface area contributed by atoms with Crippen molar-refractivity contribution in [3.05, 3.63) is 42.2 Å². The third-order valence-corrected chi connectivity index (χ3v) is 2.83. The van der Waals surface area contributed by atoms with Crippen LogP contribution in [0.5, 0.6) is 0 Å². The molecule has 4 heteroatoms. The van der Waals surface area contributed by atoms with Crippen molar-refractivity contribution in [2.24, 2.45) is 5.10 Å². The summed E-state index contributed by atoms with van der Waals surface area (Å²) in [5, 5.41) is 8.35. The number of hydrogen-bond acceptors (Lipinski definition) is 3. The van der Waals surface area contributed by atoms with Crippen LogP contribution in [-0.2, 0) is 0 Å². The summed E-state index contributed by atoms with van der Waals surface area (Å²) in [6.07, 6.45) is 3.62. The Balaban J connectivity index is 2.18. The lowest BCUT2D eigenvalue weighted by atomic mass is 10.2. The van der Waals surface area contributed by atoms with E-state index in [1.165, 1.54) is 10.8 Å². The molecule has 0 saturated carbocycles. The molecule has 0 radical (unpaired) electrons. The van der Waals surface area contributed by atoms with Crippen LogP contribution in [-0.4, -0.2) is 35.3 Å². The van der Waals surface area contributed by atoms with Gasteiger partial charge in [-0.2, -0.15) is 5.10 Å². The molecule has 0 bridgehead atoms. The molecular weight excluding hydrogens is 224 g/mol. The standard InChI is InChI=1S/C14H14N4/c1-18(2)16-8-10-7-12-11-5-3-4-6-13(11)17-14(12)9-15-10/h3-9,17H,1-2H3/b16-8+. The van der Waals surface area contributed by atoms with E-state index in [4.69, 9.17) is 0 Å². The fourth-order valence-electron chi connectivity index (χ4n) is 2.01. The van der Waals surface area contributed by atoms with Crippen LogP contribution in [0.1, 0.15) is 5.69 Å². The monoisotopic (exact) mass is 238 g/mol. The van der Waals surface area contributed by atoms with Gasteiger partial charge in [-0.3, -0.25) is 4.98 Å². The zero-order chi connectivity index (χ0) is 12.5. The van der Waals surface area contributed by atoms with Crippen molar-refractivity contribution in [2.45, 2.75) is 0 Å². The van der Waals surface area contributed by atoms with Gasteiger partial charge in [-0.1, -0.05) is 18.2 Å². The fourth-order valence-corrected chi connectivity index (χ4v) is 2.01. The molecule has 0 aliphatic carbocycles. The van der Waals surface area contributed by atoms with Gasteiger partial charge in [-0.05, 0) is 12.1 Å². The molecule has 1 N–H and O–H groups in total. The van der Waals surface area contributed by atoms with Gasteiger partial charge in [0.15, 0.2) is 0 Å². The lowest BCUT2D eigenvalue weighted by Crippen LogP contribution is -2.02. The van der Waals surface area contributed by atoms with Crippen LogP contribution < -0.4 is 0 Å². The first-order chi connectivity index (χ1) is 8.74. The molecule has 18 heavy (non-hydrogen) atoms. The zero-order valence-corrected chi connectivity index (χ0v) is 10.4. The van der Waals surface area contributed by atoms with E-state index < -0.39 is 0 Å². The maximum atomic E-state index is 4.37. The largest absolute Gasteiger partial charge is 0.353 e. The second-order valence-corrected chi connectivity index (χ2v) is 4.42. The Morgan fingerprint density at radius 2 is 2.00 bits per heavy atom. The molecule has 0 atom stereocenters. The Hall–Kier alpha value is -2.36. The summed E-state index contributed by atoms with van der Waals surface area (Å²) in [5.41, 5.74) is 3.05. The van der Waals surface area contributed by atoms with Crippen molar-refractivity contribution < 1.29 is 0 Å². The van der Waals surface area contributed by atoms with Gasteiger partial charge in [0.25, 0.3) is 0 Å². The molecule has 0 fully saturated rings. The number of aromatic nitrogens is 2. The minimum Gasteiger partial charge on any atom is -0.353 e. The molecular formula is C14H14N4. The summed E-state index contributed by atoms with van der Waals surface area (Å²) in [5.74, 6) is 0. The van der Waals surface area contributed by atoms with E-state index in [-0.39, 0.29) is 0 Å². The second-order valence-electron chi connectivity index (χ2n) is 4.42. The number of nitrogens with zero attached hydrogens (tertiary/aromatic N) is 3. The van der Waals surface area contributed by atoms with E-state index in [2.05, 4.69) is 33.3 Å². The number of rotatable bonds is 2. The fraction of sp³-hybridized carbons (Fsp3) is 0.143. The van der Waals surface area contributed by atoms with E-state index in [9.17, 15) is 0 Å². The smallest absolute Gasteiger partial charge is 0.0838 e. The summed E-state index contributed by atoms with van der Waals surface area (Å²) in [4.78, 5) is 7.72. The first-order valence-electron chi connectivity index (χ1n) is 5.82. The van der Waals surface area contributed by atoms with Crippen LogP contribution in [0.2, 0.25) is 0 Å². The van der Waals surface area contributed by atoms with Crippen molar-refractivity contribution in [3.8, 4) is 0 Å². The van der Waals surface area contributed by atoms with Gasteiger partial charge in [-0.15, -0.1) is 0 Å². The molecule has 0 unspecified atom stereocenters. The number of pyridine rings is 1. The van der Waals surface area contributed by atoms with Crippen LogP contribution in [0, 0.1) is 0 Å². The molecule has 2 heterocycles. The van der Waals surface area contributed by atoms with Crippen molar-refractivity contribution in [3.63, 3.8) is 0 Å². The topological polar surface area (TPSA) is 44.3 Å². The predicted molar refractivity (Wildman–Crippen MR) is 74.9 cm³/mol. The predicted octanol–water partition coefficient (Wildman–Crippen LogP) is 2.61.